The molecule has 98 valence electrons. The molecule has 19 heavy (non-hydrogen) atoms. The van der Waals surface area contributed by atoms with Crippen LogP contribution in [0, 0.1) is 5.82 Å². The minimum absolute atomic E-state index is 0.0341. The fourth-order valence-corrected chi connectivity index (χ4v) is 2.94. The summed E-state index contributed by atoms with van der Waals surface area (Å²) in [4.78, 5) is 12.0. The van der Waals surface area contributed by atoms with Gasteiger partial charge in [0.25, 0.3) is 5.91 Å². The number of carbonyl (C=O) groups excluding carboxylic acids is 1. The standard InChI is InChI=1S/C13H7Br2ClFNO/c14-8-3-7(4-9(15)5-8)13(19)18-10-1-2-12(17)11(16)6-10/h1-6H,(H,18,19). The van der Waals surface area contributed by atoms with E-state index in [0.29, 0.717) is 11.3 Å². The summed E-state index contributed by atoms with van der Waals surface area (Å²) in [6.07, 6.45) is 0. The number of rotatable bonds is 2. The van der Waals surface area contributed by atoms with E-state index in [-0.39, 0.29) is 10.9 Å². The van der Waals surface area contributed by atoms with E-state index in [4.69, 9.17) is 11.6 Å². The molecule has 0 saturated carbocycles. The van der Waals surface area contributed by atoms with Crippen LogP contribution < -0.4 is 5.32 Å². The molecule has 0 spiro atoms. The maximum atomic E-state index is 13.0. The third-order valence-electron chi connectivity index (χ3n) is 2.30. The number of amides is 1. The topological polar surface area (TPSA) is 29.1 Å². The van der Waals surface area contributed by atoms with Crippen LogP contribution in [-0.2, 0) is 0 Å². The Kier molecular flexibility index (Phi) is 4.60. The van der Waals surface area contributed by atoms with Gasteiger partial charge in [-0.1, -0.05) is 43.5 Å². The number of halogens is 4. The molecule has 0 radical (unpaired) electrons. The quantitative estimate of drug-likeness (QED) is 0.723. The summed E-state index contributed by atoms with van der Waals surface area (Å²) in [5.74, 6) is -0.824. The van der Waals surface area contributed by atoms with Crippen LogP contribution in [0.15, 0.2) is 45.3 Å². The van der Waals surface area contributed by atoms with Gasteiger partial charge in [-0.05, 0) is 36.4 Å². The van der Waals surface area contributed by atoms with Crippen LogP contribution in [-0.4, -0.2) is 5.91 Å². The van der Waals surface area contributed by atoms with Gasteiger partial charge in [-0.2, -0.15) is 0 Å². The highest BCUT2D eigenvalue weighted by Gasteiger charge is 2.09. The van der Waals surface area contributed by atoms with Crippen LogP contribution in [0.3, 0.4) is 0 Å². The number of nitrogens with one attached hydrogen (secondary N) is 1. The van der Waals surface area contributed by atoms with E-state index in [1.54, 1.807) is 12.1 Å². The second-order valence-electron chi connectivity index (χ2n) is 3.74. The molecule has 0 aliphatic carbocycles. The summed E-state index contributed by atoms with van der Waals surface area (Å²) in [7, 11) is 0. The monoisotopic (exact) mass is 405 g/mol. The van der Waals surface area contributed by atoms with E-state index in [0.717, 1.165) is 8.95 Å². The summed E-state index contributed by atoms with van der Waals surface area (Å²) >= 11 is 12.3. The lowest BCUT2D eigenvalue weighted by Crippen LogP contribution is -2.12. The summed E-state index contributed by atoms with van der Waals surface area (Å²) < 4.78 is 14.6. The van der Waals surface area contributed by atoms with Crippen molar-refractivity contribution in [2.24, 2.45) is 0 Å². The van der Waals surface area contributed by atoms with E-state index in [1.165, 1.54) is 18.2 Å². The molecule has 1 N–H and O–H groups in total. The molecule has 0 unspecified atom stereocenters. The minimum Gasteiger partial charge on any atom is -0.322 e. The van der Waals surface area contributed by atoms with Crippen LogP contribution in [0.1, 0.15) is 10.4 Å². The van der Waals surface area contributed by atoms with E-state index in [1.807, 2.05) is 6.07 Å². The van der Waals surface area contributed by atoms with Crippen molar-refractivity contribution >= 4 is 55.1 Å². The summed E-state index contributed by atoms with van der Waals surface area (Å²) in [5.41, 5.74) is 0.911. The minimum atomic E-state index is -0.523. The lowest BCUT2D eigenvalue weighted by Gasteiger charge is -2.07. The third kappa shape index (κ3) is 3.78. The van der Waals surface area contributed by atoms with E-state index >= 15 is 0 Å². The lowest BCUT2D eigenvalue weighted by atomic mass is 10.2. The second-order valence-corrected chi connectivity index (χ2v) is 5.98. The molecule has 0 fully saturated rings. The molecule has 0 aromatic heterocycles. The van der Waals surface area contributed by atoms with Gasteiger partial charge < -0.3 is 5.32 Å². The Morgan fingerprint density at radius 3 is 2.32 bits per heavy atom. The number of hydrogen-bond donors (Lipinski definition) is 1. The Bertz CT molecular complexity index is 628. The van der Waals surface area contributed by atoms with Crippen LogP contribution in [0.2, 0.25) is 5.02 Å². The first-order chi connectivity index (χ1) is 8.95. The zero-order chi connectivity index (χ0) is 14.0. The summed E-state index contributed by atoms with van der Waals surface area (Å²) in [6, 6.07) is 9.21. The molecule has 0 aliphatic rings. The van der Waals surface area contributed by atoms with Crippen molar-refractivity contribution in [3.8, 4) is 0 Å². The normalized spacial score (nSPS) is 10.3. The van der Waals surface area contributed by atoms with Crippen molar-refractivity contribution < 1.29 is 9.18 Å². The highest BCUT2D eigenvalue weighted by molar-refractivity contribution is 9.11. The van der Waals surface area contributed by atoms with Crippen molar-refractivity contribution in [2.45, 2.75) is 0 Å². The van der Waals surface area contributed by atoms with E-state index < -0.39 is 5.82 Å². The Labute approximate surface area is 131 Å². The first-order valence-electron chi connectivity index (χ1n) is 5.18. The first-order valence-corrected chi connectivity index (χ1v) is 7.14. The molecule has 2 nitrogen and oxygen atoms in total. The predicted molar refractivity (Wildman–Crippen MR) is 81.2 cm³/mol. The first kappa shape index (κ1) is 14.5. The molecule has 0 aliphatic heterocycles. The average molecular weight is 407 g/mol. The lowest BCUT2D eigenvalue weighted by molar-refractivity contribution is 0.102. The molecule has 0 atom stereocenters. The van der Waals surface area contributed by atoms with Crippen molar-refractivity contribution in [2.75, 3.05) is 5.32 Å². The van der Waals surface area contributed by atoms with Crippen LogP contribution in [0.4, 0.5) is 10.1 Å². The zero-order valence-electron chi connectivity index (χ0n) is 9.38. The molecule has 2 aromatic rings. The molecule has 1 amide bonds. The molecule has 0 heterocycles. The maximum absolute atomic E-state index is 13.0. The van der Waals surface area contributed by atoms with Gasteiger partial charge in [-0.15, -0.1) is 0 Å². The molecule has 0 bridgehead atoms. The van der Waals surface area contributed by atoms with Gasteiger partial charge >= 0.3 is 0 Å². The van der Waals surface area contributed by atoms with Crippen molar-refractivity contribution in [1.82, 2.24) is 0 Å². The highest BCUT2D eigenvalue weighted by atomic mass is 79.9. The number of carbonyl (C=O) groups is 1. The number of benzene rings is 2. The summed E-state index contributed by atoms with van der Waals surface area (Å²) in [6.45, 7) is 0. The van der Waals surface area contributed by atoms with Gasteiger partial charge in [-0.3, -0.25) is 4.79 Å². The average Bonchev–Trinajstić information content (AvgIpc) is 2.32. The molecule has 2 rings (SSSR count). The fraction of sp³-hybridized carbons (Fsp3) is 0. The van der Waals surface area contributed by atoms with Gasteiger partial charge in [0, 0.05) is 20.2 Å². The van der Waals surface area contributed by atoms with Gasteiger partial charge in [0.1, 0.15) is 5.82 Å². The maximum Gasteiger partial charge on any atom is 0.255 e. The van der Waals surface area contributed by atoms with Crippen LogP contribution in [0.5, 0.6) is 0 Å². The van der Waals surface area contributed by atoms with Gasteiger partial charge in [0.05, 0.1) is 5.02 Å². The van der Waals surface area contributed by atoms with Crippen LogP contribution >= 0.6 is 43.5 Å². The largest absolute Gasteiger partial charge is 0.322 e. The second kappa shape index (κ2) is 6.03. The zero-order valence-corrected chi connectivity index (χ0v) is 13.3. The van der Waals surface area contributed by atoms with Crippen molar-refractivity contribution in [3.05, 3.63) is 61.7 Å². The molecule has 2 aromatic carbocycles. The molecular weight excluding hydrogens is 400 g/mol. The Balaban J connectivity index is 2.22. The highest BCUT2D eigenvalue weighted by Crippen LogP contribution is 2.22. The Morgan fingerprint density at radius 1 is 1.11 bits per heavy atom. The summed E-state index contributed by atoms with van der Waals surface area (Å²) in [5, 5.41) is 2.61. The van der Waals surface area contributed by atoms with Crippen molar-refractivity contribution in [1.29, 1.82) is 0 Å². The van der Waals surface area contributed by atoms with Gasteiger partial charge in [0.2, 0.25) is 0 Å². The van der Waals surface area contributed by atoms with E-state index in [2.05, 4.69) is 37.2 Å². The molecular formula is C13H7Br2ClFNO. The van der Waals surface area contributed by atoms with E-state index in [9.17, 15) is 9.18 Å². The number of anilines is 1. The van der Waals surface area contributed by atoms with Gasteiger partial charge in [0.15, 0.2) is 0 Å². The smallest absolute Gasteiger partial charge is 0.255 e. The predicted octanol–water partition coefficient (Wildman–Crippen LogP) is 5.26. The molecule has 6 heteroatoms. The van der Waals surface area contributed by atoms with Gasteiger partial charge in [-0.25, -0.2) is 4.39 Å². The Morgan fingerprint density at radius 2 is 1.74 bits per heavy atom. The molecule has 0 saturated heterocycles. The SMILES string of the molecule is O=C(Nc1ccc(F)c(Cl)c1)c1cc(Br)cc(Br)c1. The fourth-order valence-electron chi connectivity index (χ4n) is 1.46. The van der Waals surface area contributed by atoms with Crippen molar-refractivity contribution in [3.63, 3.8) is 0 Å². The van der Waals surface area contributed by atoms with Crippen LogP contribution in [0.25, 0.3) is 0 Å². The number of hydrogen-bond acceptors (Lipinski definition) is 1. The Hall–Kier alpha value is -0.910. The third-order valence-corrected chi connectivity index (χ3v) is 3.51.